The van der Waals surface area contributed by atoms with Gasteiger partial charge in [0.15, 0.2) is 0 Å². The van der Waals surface area contributed by atoms with Crippen LogP contribution in [0.25, 0.3) is 62.3 Å². The maximum absolute atomic E-state index is 6.08. The summed E-state index contributed by atoms with van der Waals surface area (Å²) in [7, 11) is 2.14. The van der Waals surface area contributed by atoms with E-state index in [0.29, 0.717) is 0 Å². The van der Waals surface area contributed by atoms with Crippen molar-refractivity contribution in [3.63, 3.8) is 0 Å². The van der Waals surface area contributed by atoms with Crippen LogP contribution >= 0.6 is 22.7 Å². The number of hydrogen-bond donors (Lipinski definition) is 0. The number of furan rings is 1. The molecule has 0 bridgehead atoms. The molecule has 5 heteroatoms. The molecule has 0 saturated carbocycles. The van der Waals surface area contributed by atoms with Crippen molar-refractivity contribution in [2.75, 3.05) is 16.8 Å². The molecule has 10 rings (SSSR count). The Balaban J connectivity index is 0.00000171. The Morgan fingerprint density at radius 1 is 0.412 bits per heavy atom. The van der Waals surface area contributed by atoms with E-state index < -0.39 is 0 Å². The SMILES string of the molecule is CC.Cc1ccc2c(c1)sc1cc(N(c3ccccc3)c3ccc4c(c3)sc3cc(N(C)c5ccc6oc7ccccc7c6c5)ccc34)ccc12. The third-order valence-corrected chi connectivity index (χ3v) is 11.9. The number of aryl methyl sites for hydroxylation is 1. The number of nitrogens with zero attached hydrogens (tertiary/aromatic N) is 2. The third kappa shape index (κ3) is 5.32. The van der Waals surface area contributed by atoms with Crippen LogP contribution in [-0.2, 0) is 0 Å². The molecule has 0 N–H and O–H groups in total. The second kappa shape index (κ2) is 12.6. The minimum absolute atomic E-state index is 0.914. The molecule has 0 aliphatic carbocycles. The molecule has 10 aromatic rings. The lowest BCUT2D eigenvalue weighted by Crippen LogP contribution is -2.09. The smallest absolute Gasteiger partial charge is 0.135 e. The van der Waals surface area contributed by atoms with Gasteiger partial charge in [0.1, 0.15) is 11.2 Å². The van der Waals surface area contributed by atoms with Crippen LogP contribution in [0.1, 0.15) is 19.4 Å². The maximum atomic E-state index is 6.08. The molecule has 248 valence electrons. The Labute approximate surface area is 305 Å². The Bertz CT molecular complexity index is 2880. The monoisotopic (exact) mass is 696 g/mol. The predicted molar refractivity (Wildman–Crippen MR) is 225 cm³/mol. The molecule has 0 fully saturated rings. The van der Waals surface area contributed by atoms with Crippen LogP contribution in [0.2, 0.25) is 0 Å². The molecule has 51 heavy (non-hydrogen) atoms. The summed E-state index contributed by atoms with van der Waals surface area (Å²) in [6, 6.07) is 52.8. The lowest BCUT2D eigenvalue weighted by atomic mass is 10.1. The minimum Gasteiger partial charge on any atom is -0.456 e. The molecule has 0 saturated heterocycles. The molecule has 0 unspecified atom stereocenters. The summed E-state index contributed by atoms with van der Waals surface area (Å²) in [5.41, 5.74) is 8.88. The molecule has 0 spiro atoms. The first-order valence-electron chi connectivity index (χ1n) is 17.5. The average molecular weight is 697 g/mol. The van der Waals surface area contributed by atoms with Crippen molar-refractivity contribution in [1.29, 1.82) is 0 Å². The van der Waals surface area contributed by atoms with Gasteiger partial charge in [-0.1, -0.05) is 80.6 Å². The maximum Gasteiger partial charge on any atom is 0.135 e. The van der Waals surface area contributed by atoms with Gasteiger partial charge in [-0.3, -0.25) is 0 Å². The lowest BCUT2D eigenvalue weighted by molar-refractivity contribution is 0.669. The van der Waals surface area contributed by atoms with Crippen LogP contribution in [0.15, 0.2) is 150 Å². The molecule has 0 aliphatic rings. The zero-order valence-electron chi connectivity index (χ0n) is 29.0. The Kier molecular flexibility index (Phi) is 7.76. The molecule has 0 atom stereocenters. The molecule has 7 aromatic carbocycles. The number of thiophene rings is 2. The van der Waals surface area contributed by atoms with Crippen LogP contribution in [0, 0.1) is 6.92 Å². The van der Waals surface area contributed by atoms with Crippen LogP contribution in [0.3, 0.4) is 0 Å². The summed E-state index contributed by atoms with van der Waals surface area (Å²) in [5, 5.41) is 7.50. The number of para-hydroxylation sites is 2. The standard InChI is InChI=1S/C44H30N2OS2.C2H6/c1-27-12-17-34-36-19-14-31(25-43(36)48-41(34)22-27)46(28-8-4-3-5-9-28)32-15-20-37-35-18-13-30(24-42(35)49-44(37)26-32)45(2)29-16-21-40-38(23-29)33-10-6-7-11-39(33)47-40;1-2/h3-26H,1-2H3;1-2H3. The highest BCUT2D eigenvalue weighted by Gasteiger charge is 2.17. The molecule has 3 aromatic heterocycles. The average Bonchev–Trinajstić information content (AvgIpc) is 3.85. The highest BCUT2D eigenvalue weighted by atomic mass is 32.1. The second-order valence-electron chi connectivity index (χ2n) is 12.8. The van der Waals surface area contributed by atoms with Gasteiger partial charge in [0.25, 0.3) is 0 Å². The quantitative estimate of drug-likeness (QED) is 0.179. The van der Waals surface area contributed by atoms with Crippen LogP contribution in [-0.4, -0.2) is 7.05 Å². The van der Waals surface area contributed by atoms with Gasteiger partial charge in [-0.25, -0.2) is 0 Å². The van der Waals surface area contributed by atoms with Crippen molar-refractivity contribution in [3.05, 3.63) is 151 Å². The predicted octanol–water partition coefficient (Wildman–Crippen LogP) is 14.9. The highest BCUT2D eigenvalue weighted by molar-refractivity contribution is 7.26. The summed E-state index contributed by atoms with van der Waals surface area (Å²) in [6.45, 7) is 6.17. The molecular formula is C46H36N2OS2. The Hall–Kier alpha value is -5.62. The van der Waals surface area contributed by atoms with E-state index in [2.05, 4.69) is 157 Å². The van der Waals surface area contributed by atoms with E-state index in [1.54, 1.807) is 0 Å². The first kappa shape index (κ1) is 31.4. The van der Waals surface area contributed by atoms with E-state index in [0.717, 1.165) is 50.4 Å². The number of fused-ring (bicyclic) bond motifs is 9. The largest absolute Gasteiger partial charge is 0.456 e. The van der Waals surface area contributed by atoms with Crippen molar-refractivity contribution >= 4 is 113 Å². The summed E-state index contributed by atoms with van der Waals surface area (Å²) < 4.78 is 11.3. The second-order valence-corrected chi connectivity index (χ2v) is 14.9. The van der Waals surface area contributed by atoms with E-state index >= 15 is 0 Å². The summed E-state index contributed by atoms with van der Waals surface area (Å²) in [6.07, 6.45) is 0. The molecule has 0 amide bonds. The number of rotatable bonds is 5. The van der Waals surface area contributed by atoms with E-state index in [1.165, 1.54) is 45.9 Å². The van der Waals surface area contributed by atoms with E-state index in [4.69, 9.17) is 4.42 Å². The van der Waals surface area contributed by atoms with E-state index in [9.17, 15) is 0 Å². The first-order valence-corrected chi connectivity index (χ1v) is 19.1. The molecule has 3 nitrogen and oxygen atoms in total. The molecular weight excluding hydrogens is 661 g/mol. The van der Waals surface area contributed by atoms with Crippen LogP contribution in [0.4, 0.5) is 28.4 Å². The minimum atomic E-state index is 0.914. The van der Waals surface area contributed by atoms with Crippen molar-refractivity contribution < 1.29 is 4.42 Å². The van der Waals surface area contributed by atoms with Crippen LogP contribution in [0.5, 0.6) is 0 Å². The van der Waals surface area contributed by atoms with Gasteiger partial charge >= 0.3 is 0 Å². The van der Waals surface area contributed by atoms with Gasteiger partial charge in [0, 0.05) is 86.6 Å². The van der Waals surface area contributed by atoms with Gasteiger partial charge in [-0.15, -0.1) is 22.7 Å². The van der Waals surface area contributed by atoms with Gasteiger partial charge < -0.3 is 14.2 Å². The van der Waals surface area contributed by atoms with Crippen LogP contribution < -0.4 is 9.80 Å². The summed E-state index contributed by atoms with van der Waals surface area (Å²) >= 11 is 3.73. The van der Waals surface area contributed by atoms with Gasteiger partial charge in [0.2, 0.25) is 0 Å². The topological polar surface area (TPSA) is 19.6 Å². The Morgan fingerprint density at radius 2 is 0.902 bits per heavy atom. The molecule has 3 heterocycles. The van der Waals surface area contributed by atoms with Gasteiger partial charge in [0.05, 0.1) is 0 Å². The van der Waals surface area contributed by atoms with Crippen molar-refractivity contribution in [2.24, 2.45) is 0 Å². The zero-order chi connectivity index (χ0) is 34.6. The Morgan fingerprint density at radius 3 is 1.57 bits per heavy atom. The number of benzene rings is 7. The fourth-order valence-electron chi connectivity index (χ4n) is 7.21. The van der Waals surface area contributed by atoms with E-state index in [1.807, 2.05) is 48.7 Å². The first-order chi connectivity index (χ1) is 25.1. The van der Waals surface area contributed by atoms with Gasteiger partial charge in [-0.2, -0.15) is 0 Å². The van der Waals surface area contributed by atoms with Crippen molar-refractivity contribution in [2.45, 2.75) is 20.8 Å². The number of hydrogen-bond acceptors (Lipinski definition) is 5. The van der Waals surface area contributed by atoms with Crippen molar-refractivity contribution in [1.82, 2.24) is 0 Å². The summed E-state index contributed by atoms with van der Waals surface area (Å²) in [5.74, 6) is 0. The van der Waals surface area contributed by atoms with Crippen molar-refractivity contribution in [3.8, 4) is 0 Å². The van der Waals surface area contributed by atoms with E-state index in [-0.39, 0.29) is 0 Å². The van der Waals surface area contributed by atoms with Gasteiger partial charge in [-0.05, 0) is 91.3 Å². The highest BCUT2D eigenvalue weighted by Crippen LogP contribution is 2.44. The third-order valence-electron chi connectivity index (χ3n) is 9.72. The zero-order valence-corrected chi connectivity index (χ0v) is 30.6. The lowest BCUT2D eigenvalue weighted by Gasteiger charge is -2.25. The fourth-order valence-corrected chi connectivity index (χ4v) is 9.62. The fraction of sp³-hybridized carbons (Fsp3) is 0.0870. The normalized spacial score (nSPS) is 11.5. The number of anilines is 5. The molecule has 0 radical (unpaired) electrons. The summed E-state index contributed by atoms with van der Waals surface area (Å²) in [4.78, 5) is 4.65. The molecule has 0 aliphatic heterocycles.